The van der Waals surface area contributed by atoms with Gasteiger partial charge in [0, 0.05) is 37.1 Å². The van der Waals surface area contributed by atoms with Crippen LogP contribution < -0.4 is 5.32 Å². The van der Waals surface area contributed by atoms with E-state index in [9.17, 15) is 0 Å². The van der Waals surface area contributed by atoms with Crippen LogP contribution >= 0.6 is 0 Å². The fourth-order valence-corrected chi connectivity index (χ4v) is 2.50. The summed E-state index contributed by atoms with van der Waals surface area (Å²) in [5.41, 5.74) is 3.95. The first-order chi connectivity index (χ1) is 7.86. The SMILES string of the molecule is Cn1nccc1C1CCNc2ccccc21. The highest BCUT2D eigenvalue weighted by atomic mass is 15.3. The van der Waals surface area contributed by atoms with E-state index in [0.717, 1.165) is 13.0 Å². The maximum absolute atomic E-state index is 4.26. The summed E-state index contributed by atoms with van der Waals surface area (Å²) in [6, 6.07) is 10.7. The van der Waals surface area contributed by atoms with Gasteiger partial charge in [0.15, 0.2) is 0 Å². The molecule has 0 amide bonds. The standard InChI is InChI=1S/C13H15N3/c1-16-13(7-9-15-16)11-6-8-14-12-5-3-2-4-10(11)12/h2-5,7,9,11,14H,6,8H2,1H3. The Balaban J connectivity index is 2.08. The van der Waals surface area contributed by atoms with E-state index in [1.54, 1.807) is 0 Å². The van der Waals surface area contributed by atoms with Crippen molar-refractivity contribution in [3.8, 4) is 0 Å². The van der Waals surface area contributed by atoms with Gasteiger partial charge in [0.05, 0.1) is 0 Å². The highest BCUT2D eigenvalue weighted by Gasteiger charge is 2.22. The Hall–Kier alpha value is -1.77. The lowest BCUT2D eigenvalue weighted by atomic mass is 9.88. The van der Waals surface area contributed by atoms with Gasteiger partial charge >= 0.3 is 0 Å². The lowest BCUT2D eigenvalue weighted by Crippen LogP contribution is -2.19. The van der Waals surface area contributed by atoms with Gasteiger partial charge in [0.1, 0.15) is 0 Å². The first-order valence-corrected chi connectivity index (χ1v) is 5.67. The molecule has 1 unspecified atom stereocenters. The van der Waals surface area contributed by atoms with E-state index < -0.39 is 0 Å². The van der Waals surface area contributed by atoms with Crippen LogP contribution in [0.3, 0.4) is 0 Å². The van der Waals surface area contributed by atoms with Crippen LogP contribution in [0.1, 0.15) is 23.6 Å². The monoisotopic (exact) mass is 213 g/mol. The van der Waals surface area contributed by atoms with E-state index >= 15 is 0 Å². The number of anilines is 1. The summed E-state index contributed by atoms with van der Waals surface area (Å²) >= 11 is 0. The Morgan fingerprint density at radius 1 is 1.31 bits per heavy atom. The molecule has 0 saturated carbocycles. The Labute approximate surface area is 95.1 Å². The molecule has 3 rings (SSSR count). The average molecular weight is 213 g/mol. The molecule has 2 heterocycles. The van der Waals surface area contributed by atoms with Crippen molar-refractivity contribution < 1.29 is 0 Å². The molecule has 0 spiro atoms. The molecule has 0 fully saturated rings. The van der Waals surface area contributed by atoms with Gasteiger partial charge in [-0.05, 0) is 24.1 Å². The third-order valence-electron chi connectivity index (χ3n) is 3.30. The van der Waals surface area contributed by atoms with Crippen molar-refractivity contribution in [2.45, 2.75) is 12.3 Å². The van der Waals surface area contributed by atoms with E-state index in [1.807, 2.05) is 17.9 Å². The predicted molar refractivity (Wildman–Crippen MR) is 64.6 cm³/mol. The molecule has 82 valence electrons. The van der Waals surface area contributed by atoms with Crippen LogP contribution in [0, 0.1) is 0 Å². The maximum atomic E-state index is 4.26. The molecule has 1 aliphatic rings. The van der Waals surface area contributed by atoms with Gasteiger partial charge in [-0.15, -0.1) is 0 Å². The smallest absolute Gasteiger partial charge is 0.0492 e. The zero-order valence-electron chi connectivity index (χ0n) is 9.35. The minimum Gasteiger partial charge on any atom is -0.385 e. The fraction of sp³-hybridized carbons (Fsp3) is 0.308. The summed E-state index contributed by atoms with van der Waals surface area (Å²) < 4.78 is 1.98. The summed E-state index contributed by atoms with van der Waals surface area (Å²) in [7, 11) is 2.01. The molecule has 0 aliphatic carbocycles. The van der Waals surface area contributed by atoms with E-state index in [0.29, 0.717) is 5.92 Å². The van der Waals surface area contributed by atoms with Gasteiger partial charge in [0.25, 0.3) is 0 Å². The zero-order valence-corrected chi connectivity index (χ0v) is 9.35. The first-order valence-electron chi connectivity index (χ1n) is 5.67. The molecule has 3 nitrogen and oxygen atoms in total. The largest absolute Gasteiger partial charge is 0.385 e. The van der Waals surface area contributed by atoms with Gasteiger partial charge in [-0.3, -0.25) is 4.68 Å². The van der Waals surface area contributed by atoms with Crippen molar-refractivity contribution in [2.24, 2.45) is 7.05 Å². The topological polar surface area (TPSA) is 29.9 Å². The van der Waals surface area contributed by atoms with Crippen molar-refractivity contribution in [1.29, 1.82) is 0 Å². The Morgan fingerprint density at radius 3 is 3.00 bits per heavy atom. The van der Waals surface area contributed by atoms with E-state index in [4.69, 9.17) is 0 Å². The third-order valence-corrected chi connectivity index (χ3v) is 3.30. The van der Waals surface area contributed by atoms with Gasteiger partial charge in [-0.1, -0.05) is 18.2 Å². The molecule has 16 heavy (non-hydrogen) atoms. The first kappa shape index (κ1) is 9.46. The van der Waals surface area contributed by atoms with Crippen LogP contribution in [-0.2, 0) is 7.05 Å². The summed E-state index contributed by atoms with van der Waals surface area (Å²) in [6.07, 6.45) is 3.01. The van der Waals surface area contributed by atoms with Crippen LogP contribution in [0.4, 0.5) is 5.69 Å². The van der Waals surface area contributed by atoms with Crippen LogP contribution in [-0.4, -0.2) is 16.3 Å². The van der Waals surface area contributed by atoms with Crippen molar-refractivity contribution in [1.82, 2.24) is 9.78 Å². The quantitative estimate of drug-likeness (QED) is 0.788. The number of aryl methyl sites for hydroxylation is 1. The number of para-hydroxylation sites is 1. The second-order valence-electron chi connectivity index (χ2n) is 4.23. The minimum absolute atomic E-state index is 0.477. The highest BCUT2D eigenvalue weighted by Crippen LogP contribution is 2.35. The number of rotatable bonds is 1. The molecule has 1 aliphatic heterocycles. The molecule has 1 aromatic carbocycles. The van der Waals surface area contributed by atoms with Gasteiger partial charge in [0.2, 0.25) is 0 Å². The molecular weight excluding hydrogens is 198 g/mol. The van der Waals surface area contributed by atoms with Crippen LogP contribution in [0.5, 0.6) is 0 Å². The van der Waals surface area contributed by atoms with Crippen molar-refractivity contribution in [3.05, 3.63) is 47.8 Å². The lowest BCUT2D eigenvalue weighted by molar-refractivity contribution is 0.627. The third kappa shape index (κ3) is 1.40. The Kier molecular flexibility index (Phi) is 2.17. The molecule has 0 bridgehead atoms. The Morgan fingerprint density at radius 2 is 2.19 bits per heavy atom. The number of nitrogens with one attached hydrogen (secondary N) is 1. The van der Waals surface area contributed by atoms with Crippen LogP contribution in [0.25, 0.3) is 0 Å². The number of benzene rings is 1. The van der Waals surface area contributed by atoms with Gasteiger partial charge in [-0.25, -0.2) is 0 Å². The number of hydrogen-bond donors (Lipinski definition) is 1. The van der Waals surface area contributed by atoms with E-state index in [1.165, 1.54) is 16.9 Å². The van der Waals surface area contributed by atoms with Crippen molar-refractivity contribution in [2.75, 3.05) is 11.9 Å². The fourth-order valence-electron chi connectivity index (χ4n) is 2.50. The molecule has 1 atom stereocenters. The number of hydrogen-bond acceptors (Lipinski definition) is 2. The lowest BCUT2D eigenvalue weighted by Gasteiger charge is -2.26. The molecule has 0 saturated heterocycles. The number of nitrogens with zero attached hydrogens (tertiary/aromatic N) is 2. The predicted octanol–water partition coefficient (Wildman–Crippen LogP) is 2.37. The molecular formula is C13H15N3. The van der Waals surface area contributed by atoms with Gasteiger partial charge in [-0.2, -0.15) is 5.10 Å². The summed E-state index contributed by atoms with van der Waals surface area (Å²) in [5.74, 6) is 0.477. The molecule has 3 heteroatoms. The zero-order chi connectivity index (χ0) is 11.0. The molecule has 0 radical (unpaired) electrons. The summed E-state index contributed by atoms with van der Waals surface area (Å²) in [4.78, 5) is 0. The minimum atomic E-state index is 0.477. The maximum Gasteiger partial charge on any atom is 0.0492 e. The number of aromatic nitrogens is 2. The van der Waals surface area contributed by atoms with Crippen LogP contribution in [0.15, 0.2) is 36.5 Å². The molecule has 2 aromatic rings. The second-order valence-corrected chi connectivity index (χ2v) is 4.23. The Bertz CT molecular complexity index is 501. The van der Waals surface area contributed by atoms with Gasteiger partial charge < -0.3 is 5.32 Å². The van der Waals surface area contributed by atoms with E-state index in [-0.39, 0.29) is 0 Å². The second kappa shape index (κ2) is 3.67. The highest BCUT2D eigenvalue weighted by molar-refractivity contribution is 5.56. The molecule has 1 N–H and O–H groups in total. The average Bonchev–Trinajstić information content (AvgIpc) is 2.75. The van der Waals surface area contributed by atoms with Crippen molar-refractivity contribution >= 4 is 5.69 Å². The molecule has 1 aromatic heterocycles. The summed E-state index contributed by atoms with van der Waals surface area (Å²) in [6.45, 7) is 1.03. The summed E-state index contributed by atoms with van der Waals surface area (Å²) in [5, 5.41) is 7.71. The number of fused-ring (bicyclic) bond motifs is 1. The normalized spacial score (nSPS) is 18.9. The van der Waals surface area contributed by atoms with Crippen LogP contribution in [0.2, 0.25) is 0 Å². The van der Waals surface area contributed by atoms with E-state index in [2.05, 4.69) is 40.7 Å². The van der Waals surface area contributed by atoms with Crippen molar-refractivity contribution in [3.63, 3.8) is 0 Å².